The van der Waals surface area contributed by atoms with Crippen molar-refractivity contribution in [2.24, 2.45) is 0 Å². The predicted molar refractivity (Wildman–Crippen MR) is 108 cm³/mol. The minimum Gasteiger partial charge on any atom is -0.313 e. The van der Waals surface area contributed by atoms with E-state index in [0.717, 1.165) is 56.1 Å². The molecular weight excluding hydrogens is 342 g/mol. The van der Waals surface area contributed by atoms with Gasteiger partial charge in [0.05, 0.1) is 0 Å². The largest absolute Gasteiger partial charge is 0.313 e. The molecule has 0 radical (unpaired) electrons. The van der Waals surface area contributed by atoms with Gasteiger partial charge in [-0.3, -0.25) is 9.69 Å². The number of benzene rings is 1. The molecule has 2 aliphatic rings. The summed E-state index contributed by atoms with van der Waals surface area (Å²) in [5.74, 6) is 0.00354. The quantitative estimate of drug-likeness (QED) is 0.894. The molecule has 0 unspecified atom stereocenters. The normalized spacial score (nSPS) is 18.5. The van der Waals surface area contributed by atoms with E-state index in [1.54, 1.807) is 11.3 Å². The summed E-state index contributed by atoms with van der Waals surface area (Å²) in [4.78, 5) is 19.1. The lowest BCUT2D eigenvalue weighted by molar-refractivity contribution is 0.102. The average Bonchev–Trinajstić information content (AvgIpc) is 3.01. The Kier molecular flexibility index (Phi) is 5.38. The van der Waals surface area contributed by atoms with Gasteiger partial charge in [0.25, 0.3) is 5.91 Å². The molecule has 2 aromatic rings. The van der Waals surface area contributed by atoms with Crippen LogP contribution in [0.2, 0.25) is 0 Å². The van der Waals surface area contributed by atoms with Crippen LogP contribution in [0.15, 0.2) is 30.3 Å². The molecule has 1 amide bonds. The topological polar surface area (TPSA) is 35.6 Å². The summed E-state index contributed by atoms with van der Waals surface area (Å²) < 4.78 is 0. The second-order valence-corrected chi connectivity index (χ2v) is 8.52. The van der Waals surface area contributed by atoms with Gasteiger partial charge in [0.1, 0.15) is 5.00 Å². The van der Waals surface area contributed by atoms with Gasteiger partial charge in [-0.25, -0.2) is 0 Å². The molecule has 26 heavy (non-hydrogen) atoms. The zero-order valence-electron chi connectivity index (χ0n) is 15.5. The Bertz CT molecular complexity index is 763. The Labute approximate surface area is 159 Å². The van der Waals surface area contributed by atoms with Gasteiger partial charge in [-0.15, -0.1) is 11.3 Å². The van der Waals surface area contributed by atoms with E-state index in [4.69, 9.17) is 0 Å². The molecule has 1 fully saturated rings. The van der Waals surface area contributed by atoms with E-state index < -0.39 is 0 Å². The van der Waals surface area contributed by atoms with Gasteiger partial charge in [-0.05, 0) is 50.4 Å². The number of aryl methyl sites for hydroxylation is 1. The maximum atomic E-state index is 12.7. The van der Waals surface area contributed by atoms with Crippen LogP contribution in [0.3, 0.4) is 0 Å². The van der Waals surface area contributed by atoms with E-state index in [9.17, 15) is 4.79 Å². The van der Waals surface area contributed by atoms with Gasteiger partial charge >= 0.3 is 0 Å². The van der Waals surface area contributed by atoms with Gasteiger partial charge in [0.2, 0.25) is 0 Å². The SMILES string of the molecule is CN1CCN(Cc2c(NC(=O)c3ccccc3)sc3c2CCCC3)CC1. The zero-order chi connectivity index (χ0) is 17.9. The van der Waals surface area contributed by atoms with Crippen molar-refractivity contribution in [1.29, 1.82) is 0 Å². The Morgan fingerprint density at radius 3 is 2.58 bits per heavy atom. The number of hydrogen-bond acceptors (Lipinski definition) is 4. The molecule has 0 spiro atoms. The predicted octanol–water partition coefficient (Wildman–Crippen LogP) is 3.63. The van der Waals surface area contributed by atoms with Crippen LogP contribution in [0.5, 0.6) is 0 Å². The molecule has 1 aliphatic heterocycles. The van der Waals surface area contributed by atoms with Gasteiger partial charge in [-0.1, -0.05) is 18.2 Å². The maximum absolute atomic E-state index is 12.7. The number of anilines is 1. The second kappa shape index (κ2) is 7.91. The van der Waals surface area contributed by atoms with Crippen molar-refractivity contribution in [3.8, 4) is 0 Å². The third-order valence-corrected chi connectivity index (χ3v) is 6.77. The first kappa shape index (κ1) is 17.7. The third kappa shape index (κ3) is 3.85. The summed E-state index contributed by atoms with van der Waals surface area (Å²) in [6, 6.07) is 9.53. The standard InChI is InChI=1S/C21H27N3OS/c1-23-11-13-24(14-12-23)15-18-17-9-5-6-10-19(17)26-21(18)22-20(25)16-7-3-2-4-8-16/h2-4,7-8H,5-6,9-15H2,1H3,(H,22,25). The van der Waals surface area contributed by atoms with E-state index in [0.29, 0.717) is 0 Å². The number of amides is 1. The van der Waals surface area contributed by atoms with Crippen molar-refractivity contribution >= 4 is 22.2 Å². The lowest BCUT2D eigenvalue weighted by Crippen LogP contribution is -2.44. The molecule has 1 aromatic carbocycles. The van der Waals surface area contributed by atoms with E-state index >= 15 is 0 Å². The Morgan fingerprint density at radius 2 is 1.81 bits per heavy atom. The minimum atomic E-state index is 0.00354. The van der Waals surface area contributed by atoms with Crippen molar-refractivity contribution < 1.29 is 4.79 Å². The number of thiophene rings is 1. The molecule has 1 N–H and O–H groups in total. The van der Waals surface area contributed by atoms with E-state index in [-0.39, 0.29) is 5.91 Å². The average molecular weight is 370 g/mol. The number of nitrogens with one attached hydrogen (secondary N) is 1. The van der Waals surface area contributed by atoms with Crippen LogP contribution in [-0.4, -0.2) is 48.9 Å². The highest BCUT2D eigenvalue weighted by atomic mass is 32.1. The Balaban J connectivity index is 1.57. The number of hydrogen-bond donors (Lipinski definition) is 1. The molecule has 0 saturated carbocycles. The third-order valence-electron chi connectivity index (χ3n) is 5.52. The number of carbonyl (C=O) groups excluding carboxylic acids is 1. The highest BCUT2D eigenvalue weighted by Crippen LogP contribution is 2.39. The van der Waals surface area contributed by atoms with Gasteiger partial charge < -0.3 is 10.2 Å². The smallest absolute Gasteiger partial charge is 0.256 e. The monoisotopic (exact) mass is 369 g/mol. The molecule has 1 aromatic heterocycles. The van der Waals surface area contributed by atoms with Crippen molar-refractivity contribution in [2.75, 3.05) is 38.5 Å². The highest BCUT2D eigenvalue weighted by Gasteiger charge is 2.24. The summed E-state index contributed by atoms with van der Waals surface area (Å²) in [5, 5.41) is 4.30. The van der Waals surface area contributed by atoms with Crippen LogP contribution in [0, 0.1) is 0 Å². The van der Waals surface area contributed by atoms with Crippen molar-refractivity contribution in [1.82, 2.24) is 9.80 Å². The molecule has 4 rings (SSSR count). The first-order chi connectivity index (χ1) is 12.7. The number of carbonyl (C=O) groups is 1. The molecule has 0 atom stereocenters. The number of rotatable bonds is 4. The second-order valence-electron chi connectivity index (χ2n) is 7.42. The number of nitrogens with zero attached hydrogens (tertiary/aromatic N) is 2. The molecule has 0 bridgehead atoms. The zero-order valence-corrected chi connectivity index (χ0v) is 16.3. The van der Waals surface area contributed by atoms with Gasteiger partial charge in [-0.2, -0.15) is 0 Å². The van der Waals surface area contributed by atoms with Crippen LogP contribution < -0.4 is 5.32 Å². The lowest BCUT2D eigenvalue weighted by Gasteiger charge is -2.32. The minimum absolute atomic E-state index is 0.00354. The summed E-state index contributed by atoms with van der Waals surface area (Å²) in [7, 11) is 2.19. The van der Waals surface area contributed by atoms with E-state index in [1.165, 1.54) is 28.8 Å². The lowest BCUT2D eigenvalue weighted by atomic mass is 9.95. The van der Waals surface area contributed by atoms with Crippen LogP contribution in [0.1, 0.15) is 39.2 Å². The van der Waals surface area contributed by atoms with Crippen LogP contribution >= 0.6 is 11.3 Å². The Morgan fingerprint density at radius 1 is 1.08 bits per heavy atom. The van der Waals surface area contributed by atoms with Crippen molar-refractivity contribution in [2.45, 2.75) is 32.2 Å². The van der Waals surface area contributed by atoms with Crippen LogP contribution in [0.4, 0.5) is 5.00 Å². The fourth-order valence-electron chi connectivity index (χ4n) is 3.89. The summed E-state index contributed by atoms with van der Waals surface area (Å²) >= 11 is 1.81. The molecular formula is C21H27N3OS. The number of piperazine rings is 1. The fraction of sp³-hybridized carbons (Fsp3) is 0.476. The number of fused-ring (bicyclic) bond motifs is 1. The van der Waals surface area contributed by atoms with Crippen LogP contribution in [-0.2, 0) is 19.4 Å². The molecule has 2 heterocycles. The molecule has 1 aliphatic carbocycles. The van der Waals surface area contributed by atoms with Crippen molar-refractivity contribution in [3.05, 3.63) is 51.9 Å². The molecule has 5 heteroatoms. The summed E-state index contributed by atoms with van der Waals surface area (Å²) in [5.41, 5.74) is 3.62. The van der Waals surface area contributed by atoms with E-state index in [1.807, 2.05) is 30.3 Å². The summed E-state index contributed by atoms with van der Waals surface area (Å²) in [6.07, 6.45) is 4.87. The van der Waals surface area contributed by atoms with Crippen LogP contribution in [0.25, 0.3) is 0 Å². The van der Waals surface area contributed by atoms with Gasteiger partial charge in [0.15, 0.2) is 0 Å². The first-order valence-electron chi connectivity index (χ1n) is 9.61. The summed E-state index contributed by atoms with van der Waals surface area (Å²) in [6.45, 7) is 5.42. The van der Waals surface area contributed by atoms with Gasteiger partial charge in [0, 0.05) is 48.7 Å². The molecule has 138 valence electrons. The maximum Gasteiger partial charge on any atom is 0.256 e. The van der Waals surface area contributed by atoms with E-state index in [2.05, 4.69) is 22.2 Å². The first-order valence-corrected chi connectivity index (χ1v) is 10.4. The van der Waals surface area contributed by atoms with Crippen molar-refractivity contribution in [3.63, 3.8) is 0 Å². The molecule has 4 nitrogen and oxygen atoms in total. The number of likely N-dealkylation sites (N-methyl/N-ethyl adjacent to an activating group) is 1. The molecule has 1 saturated heterocycles. The Hall–Kier alpha value is -1.69. The highest BCUT2D eigenvalue weighted by molar-refractivity contribution is 7.16. The fourth-order valence-corrected chi connectivity index (χ4v) is 5.19.